The van der Waals surface area contributed by atoms with Crippen molar-refractivity contribution in [3.63, 3.8) is 0 Å². The van der Waals surface area contributed by atoms with E-state index < -0.39 is 12.0 Å². The van der Waals surface area contributed by atoms with Crippen LogP contribution in [0, 0.1) is 0 Å². The SMILES string of the molecule is O=C([O-])[C@H]1CCCCN1Cc1ccccn1.[K+]. The van der Waals surface area contributed by atoms with Crippen molar-refractivity contribution in [3.8, 4) is 0 Å². The van der Waals surface area contributed by atoms with Crippen LogP contribution < -0.4 is 56.5 Å². The van der Waals surface area contributed by atoms with Gasteiger partial charge >= 0.3 is 51.4 Å². The summed E-state index contributed by atoms with van der Waals surface area (Å²) in [6.07, 6.45) is 4.44. The van der Waals surface area contributed by atoms with Gasteiger partial charge in [-0.05, 0) is 31.5 Å². The van der Waals surface area contributed by atoms with Crippen LogP contribution in [0.4, 0.5) is 0 Å². The molecule has 4 nitrogen and oxygen atoms in total. The topological polar surface area (TPSA) is 56.3 Å². The first-order valence-corrected chi connectivity index (χ1v) is 5.62. The molecule has 1 aliphatic rings. The minimum atomic E-state index is -0.962. The zero-order valence-corrected chi connectivity index (χ0v) is 13.3. The Morgan fingerprint density at radius 1 is 1.47 bits per heavy atom. The molecular weight excluding hydrogens is 243 g/mol. The first-order valence-electron chi connectivity index (χ1n) is 5.62. The second-order valence-electron chi connectivity index (χ2n) is 4.12. The summed E-state index contributed by atoms with van der Waals surface area (Å²) in [7, 11) is 0. The maximum atomic E-state index is 11.0. The van der Waals surface area contributed by atoms with Crippen molar-refractivity contribution >= 4 is 5.97 Å². The van der Waals surface area contributed by atoms with Crippen molar-refractivity contribution in [3.05, 3.63) is 30.1 Å². The summed E-state index contributed by atoms with van der Waals surface area (Å²) >= 11 is 0. The minimum absolute atomic E-state index is 0. The molecule has 0 saturated carbocycles. The molecule has 0 amide bonds. The smallest absolute Gasteiger partial charge is 0.548 e. The number of carboxylic acid groups (broad SMARTS) is 1. The molecule has 1 fully saturated rings. The molecule has 2 heterocycles. The Balaban J connectivity index is 0.00000144. The molecule has 1 atom stereocenters. The van der Waals surface area contributed by atoms with Crippen LogP contribution in [0.5, 0.6) is 0 Å². The molecule has 1 aromatic rings. The maximum Gasteiger partial charge on any atom is 1.00 e. The van der Waals surface area contributed by atoms with Gasteiger partial charge in [-0.3, -0.25) is 9.88 Å². The number of hydrogen-bond donors (Lipinski definition) is 0. The summed E-state index contributed by atoms with van der Waals surface area (Å²) in [6.45, 7) is 1.41. The van der Waals surface area contributed by atoms with Gasteiger partial charge in [-0.1, -0.05) is 12.5 Å². The van der Waals surface area contributed by atoms with E-state index in [1.807, 2.05) is 23.1 Å². The molecule has 0 bridgehead atoms. The van der Waals surface area contributed by atoms with Crippen molar-refractivity contribution in [2.24, 2.45) is 0 Å². The number of aliphatic carboxylic acids is 1. The Morgan fingerprint density at radius 2 is 2.29 bits per heavy atom. The van der Waals surface area contributed by atoms with Gasteiger partial charge in [0.2, 0.25) is 0 Å². The number of pyridine rings is 1. The fraction of sp³-hybridized carbons (Fsp3) is 0.500. The molecule has 86 valence electrons. The van der Waals surface area contributed by atoms with Crippen LogP contribution in [0.3, 0.4) is 0 Å². The van der Waals surface area contributed by atoms with Crippen LogP contribution in [-0.2, 0) is 11.3 Å². The molecule has 2 rings (SSSR count). The number of likely N-dealkylation sites (tertiary alicyclic amines) is 1. The number of rotatable bonds is 3. The van der Waals surface area contributed by atoms with Crippen LogP contribution >= 0.6 is 0 Å². The average molecular weight is 258 g/mol. The Labute approximate surface area is 144 Å². The minimum Gasteiger partial charge on any atom is -0.548 e. The number of carbonyl (C=O) groups excluding carboxylic acids is 1. The van der Waals surface area contributed by atoms with E-state index >= 15 is 0 Å². The van der Waals surface area contributed by atoms with Gasteiger partial charge in [-0.25, -0.2) is 0 Å². The molecule has 1 saturated heterocycles. The van der Waals surface area contributed by atoms with E-state index in [1.165, 1.54) is 0 Å². The van der Waals surface area contributed by atoms with Gasteiger partial charge in [-0.2, -0.15) is 0 Å². The number of aromatic nitrogens is 1. The largest absolute Gasteiger partial charge is 1.00 e. The zero-order valence-electron chi connectivity index (χ0n) is 10.1. The molecule has 17 heavy (non-hydrogen) atoms. The molecule has 1 aromatic heterocycles. The summed E-state index contributed by atoms with van der Waals surface area (Å²) < 4.78 is 0. The van der Waals surface area contributed by atoms with E-state index in [0.29, 0.717) is 13.0 Å². The predicted molar refractivity (Wildman–Crippen MR) is 57.3 cm³/mol. The van der Waals surface area contributed by atoms with E-state index in [1.54, 1.807) is 6.20 Å². The van der Waals surface area contributed by atoms with Crippen LogP contribution in [0.25, 0.3) is 0 Å². The van der Waals surface area contributed by atoms with E-state index in [9.17, 15) is 9.90 Å². The summed E-state index contributed by atoms with van der Waals surface area (Å²) in [6, 6.07) is 5.24. The van der Waals surface area contributed by atoms with Crippen molar-refractivity contribution in [1.82, 2.24) is 9.88 Å². The first-order chi connectivity index (χ1) is 7.77. The zero-order chi connectivity index (χ0) is 11.4. The van der Waals surface area contributed by atoms with Gasteiger partial charge in [-0.15, -0.1) is 0 Å². The van der Waals surface area contributed by atoms with Gasteiger partial charge in [0.25, 0.3) is 0 Å². The van der Waals surface area contributed by atoms with Gasteiger partial charge in [0.15, 0.2) is 0 Å². The summed E-state index contributed by atoms with van der Waals surface area (Å²) in [5.74, 6) is -0.962. The monoisotopic (exact) mass is 258 g/mol. The number of hydrogen-bond acceptors (Lipinski definition) is 4. The first kappa shape index (κ1) is 15.3. The average Bonchev–Trinajstić information content (AvgIpc) is 2.31. The molecule has 1 aliphatic heterocycles. The van der Waals surface area contributed by atoms with Crippen molar-refractivity contribution in [2.75, 3.05) is 6.54 Å². The van der Waals surface area contributed by atoms with Gasteiger partial charge in [0.1, 0.15) is 0 Å². The second kappa shape index (κ2) is 7.61. The summed E-state index contributed by atoms with van der Waals surface area (Å²) in [5, 5.41) is 11.0. The van der Waals surface area contributed by atoms with Crippen molar-refractivity contribution in [1.29, 1.82) is 0 Å². The van der Waals surface area contributed by atoms with E-state index in [4.69, 9.17) is 0 Å². The van der Waals surface area contributed by atoms with E-state index in [-0.39, 0.29) is 51.4 Å². The molecular formula is C12H15KN2O2. The quantitative estimate of drug-likeness (QED) is 0.549. The molecule has 0 spiro atoms. The Bertz CT molecular complexity index is 359. The van der Waals surface area contributed by atoms with Gasteiger partial charge in [0.05, 0.1) is 11.7 Å². The molecule has 0 aliphatic carbocycles. The third-order valence-electron chi connectivity index (χ3n) is 2.98. The Hall–Kier alpha value is 0.216. The number of piperidine rings is 1. The fourth-order valence-corrected chi connectivity index (χ4v) is 2.15. The standard InChI is InChI=1S/C12H16N2O2.K/c15-12(16)11-6-2-4-8-14(11)9-10-5-1-3-7-13-10;/h1,3,5,7,11H,2,4,6,8-9H2,(H,15,16);/q;+1/p-1/t11-;/m1./s1. The molecule has 0 radical (unpaired) electrons. The van der Waals surface area contributed by atoms with Gasteiger partial charge < -0.3 is 9.90 Å². The van der Waals surface area contributed by atoms with Crippen molar-refractivity contribution < 1.29 is 61.3 Å². The Kier molecular flexibility index (Phi) is 6.84. The third kappa shape index (κ3) is 4.42. The summed E-state index contributed by atoms with van der Waals surface area (Å²) in [5.41, 5.74) is 0.913. The maximum absolute atomic E-state index is 11.0. The fourth-order valence-electron chi connectivity index (χ4n) is 2.15. The normalized spacial score (nSPS) is 20.6. The molecule has 5 heteroatoms. The molecule has 0 aromatic carbocycles. The van der Waals surface area contributed by atoms with Gasteiger partial charge in [0, 0.05) is 18.8 Å². The van der Waals surface area contributed by atoms with Crippen molar-refractivity contribution in [2.45, 2.75) is 31.8 Å². The Morgan fingerprint density at radius 3 is 2.94 bits per heavy atom. The molecule has 0 unspecified atom stereocenters. The number of carbonyl (C=O) groups is 1. The van der Waals surface area contributed by atoms with E-state index in [0.717, 1.165) is 25.1 Å². The second-order valence-corrected chi connectivity index (χ2v) is 4.12. The number of nitrogens with zero attached hydrogens (tertiary/aromatic N) is 2. The number of carboxylic acids is 1. The predicted octanol–water partition coefficient (Wildman–Crippen LogP) is -2.81. The third-order valence-corrected chi connectivity index (χ3v) is 2.98. The van der Waals surface area contributed by atoms with E-state index in [2.05, 4.69) is 4.98 Å². The van der Waals surface area contributed by atoms with Crippen LogP contribution in [0.15, 0.2) is 24.4 Å². The molecule has 0 N–H and O–H groups in total. The van der Waals surface area contributed by atoms with Crippen LogP contribution in [0.2, 0.25) is 0 Å². The summed E-state index contributed by atoms with van der Waals surface area (Å²) in [4.78, 5) is 17.1. The van der Waals surface area contributed by atoms with Crippen LogP contribution in [-0.4, -0.2) is 28.4 Å². The van der Waals surface area contributed by atoms with Crippen LogP contribution in [0.1, 0.15) is 25.0 Å².